The zero-order chi connectivity index (χ0) is 23.7. The number of nitrogens with one attached hydrogen (secondary N) is 1. The molecular formula is C28H28N4O3. The number of imidazole rings is 1. The van der Waals surface area contributed by atoms with E-state index in [9.17, 15) is 9.59 Å². The third kappa shape index (κ3) is 3.32. The Labute approximate surface area is 202 Å². The van der Waals surface area contributed by atoms with Crippen LogP contribution in [0.3, 0.4) is 0 Å². The summed E-state index contributed by atoms with van der Waals surface area (Å²) in [5.74, 6) is 1.83. The molecule has 7 heteroatoms. The van der Waals surface area contributed by atoms with Gasteiger partial charge in [-0.1, -0.05) is 18.2 Å². The Morgan fingerprint density at radius 1 is 1.06 bits per heavy atom. The van der Waals surface area contributed by atoms with Crippen LogP contribution in [-0.4, -0.2) is 38.4 Å². The summed E-state index contributed by atoms with van der Waals surface area (Å²) in [5, 5.41) is 0. The second-order valence-electron chi connectivity index (χ2n) is 10.3. The summed E-state index contributed by atoms with van der Waals surface area (Å²) in [6.45, 7) is 4.69. The minimum absolute atomic E-state index is 0.0126. The van der Waals surface area contributed by atoms with Crippen LogP contribution in [0, 0.1) is 6.92 Å². The van der Waals surface area contributed by atoms with Gasteiger partial charge < -0.3 is 14.6 Å². The highest BCUT2D eigenvalue weighted by Crippen LogP contribution is 2.44. The molecule has 0 spiro atoms. The number of ether oxygens (including phenoxy) is 1. The largest absolute Gasteiger partial charge is 0.381 e. The molecule has 7 nitrogen and oxygen atoms in total. The maximum absolute atomic E-state index is 13.7. The van der Waals surface area contributed by atoms with Gasteiger partial charge in [-0.2, -0.15) is 0 Å². The molecule has 0 bridgehead atoms. The Balaban J connectivity index is 1.29. The average molecular weight is 469 g/mol. The highest BCUT2D eigenvalue weighted by atomic mass is 16.5. The number of nitrogens with zero attached hydrogens (tertiary/aromatic N) is 3. The van der Waals surface area contributed by atoms with Crippen molar-refractivity contribution < 1.29 is 9.53 Å². The second kappa shape index (κ2) is 7.78. The predicted molar refractivity (Wildman–Crippen MR) is 133 cm³/mol. The number of fused-ring (bicyclic) bond motifs is 4. The van der Waals surface area contributed by atoms with Gasteiger partial charge in [0, 0.05) is 37.8 Å². The number of hydrogen-bond acceptors (Lipinski definition) is 4. The molecule has 2 aromatic carbocycles. The Bertz CT molecular complexity index is 1560. The number of aromatic nitrogens is 3. The number of carbonyl (C=O) groups is 1. The minimum Gasteiger partial charge on any atom is -0.381 e. The van der Waals surface area contributed by atoms with E-state index in [4.69, 9.17) is 4.74 Å². The van der Waals surface area contributed by atoms with Crippen LogP contribution in [0.25, 0.3) is 16.6 Å². The van der Waals surface area contributed by atoms with E-state index in [1.807, 2.05) is 28.4 Å². The second-order valence-corrected chi connectivity index (χ2v) is 10.3. The number of carbonyl (C=O) groups excluding carboxylic acids is 1. The Hall–Kier alpha value is -3.45. The number of H-pyrrole nitrogens is 1. The van der Waals surface area contributed by atoms with Crippen molar-refractivity contribution in [2.45, 2.75) is 57.5 Å². The molecule has 4 heterocycles. The van der Waals surface area contributed by atoms with Gasteiger partial charge >= 0.3 is 0 Å². The van der Waals surface area contributed by atoms with Gasteiger partial charge in [0.1, 0.15) is 11.3 Å². The molecular weight excluding hydrogens is 440 g/mol. The van der Waals surface area contributed by atoms with E-state index in [0.717, 1.165) is 29.7 Å². The standard InChI is InChI=1S/C28H28N4O3/c1-16-11-24-23(30-27(33)25-13-29-26(32(24)25)18-7-9-35-10-8-18)12-21(16)28(34)31-14-19-3-2-4-20(17-5-6-17)22(19)15-31/h2-4,11-13,17-18H,5-10,14-15H2,1H3,(H,30,33). The van der Waals surface area contributed by atoms with Crippen LogP contribution in [-0.2, 0) is 17.8 Å². The Kier molecular flexibility index (Phi) is 4.64. The predicted octanol–water partition coefficient (Wildman–Crippen LogP) is 4.41. The van der Waals surface area contributed by atoms with Crippen molar-refractivity contribution in [1.82, 2.24) is 19.3 Å². The quantitative estimate of drug-likeness (QED) is 0.483. The van der Waals surface area contributed by atoms with Crippen molar-refractivity contribution in [2.24, 2.45) is 0 Å². The van der Waals surface area contributed by atoms with Crippen molar-refractivity contribution in [3.05, 3.63) is 80.5 Å². The molecule has 0 atom stereocenters. The molecule has 178 valence electrons. The van der Waals surface area contributed by atoms with Crippen LogP contribution in [0.2, 0.25) is 0 Å². The SMILES string of the molecule is Cc1cc2c(cc1C(=O)N1Cc3cccc(C4CC4)c3C1)[nH]c(=O)c1cnc(C3CCOCC3)n12. The lowest BCUT2D eigenvalue weighted by molar-refractivity contribution is 0.0750. The van der Waals surface area contributed by atoms with E-state index in [0.29, 0.717) is 48.8 Å². The number of aromatic amines is 1. The van der Waals surface area contributed by atoms with Gasteiger partial charge in [-0.05, 0) is 72.9 Å². The Morgan fingerprint density at radius 3 is 2.69 bits per heavy atom. The minimum atomic E-state index is -0.187. The lowest BCUT2D eigenvalue weighted by atomic mass is 9.99. The molecule has 4 aromatic rings. The lowest BCUT2D eigenvalue weighted by Gasteiger charge is -2.22. The summed E-state index contributed by atoms with van der Waals surface area (Å²) >= 11 is 0. The molecule has 3 aliphatic rings. The van der Waals surface area contributed by atoms with Gasteiger partial charge in [0.25, 0.3) is 11.5 Å². The fourth-order valence-electron chi connectivity index (χ4n) is 5.96. The lowest BCUT2D eigenvalue weighted by Crippen LogP contribution is -2.26. The van der Waals surface area contributed by atoms with E-state index in [2.05, 4.69) is 28.2 Å². The fraction of sp³-hybridized carbons (Fsp3) is 0.393. The molecule has 2 aliphatic heterocycles. The highest BCUT2D eigenvalue weighted by Gasteiger charge is 2.32. The molecule has 35 heavy (non-hydrogen) atoms. The van der Waals surface area contributed by atoms with Crippen molar-refractivity contribution in [3.8, 4) is 0 Å². The first kappa shape index (κ1) is 20.9. The zero-order valence-corrected chi connectivity index (χ0v) is 19.8. The molecule has 1 aliphatic carbocycles. The van der Waals surface area contributed by atoms with Crippen LogP contribution in [0.1, 0.15) is 76.0 Å². The van der Waals surface area contributed by atoms with E-state index in [-0.39, 0.29) is 17.4 Å². The van der Waals surface area contributed by atoms with Gasteiger partial charge in [0.2, 0.25) is 0 Å². The molecule has 0 radical (unpaired) electrons. The van der Waals surface area contributed by atoms with Gasteiger partial charge in [0.05, 0.1) is 17.2 Å². The van der Waals surface area contributed by atoms with Gasteiger partial charge in [-0.3, -0.25) is 14.0 Å². The van der Waals surface area contributed by atoms with Crippen molar-refractivity contribution in [3.63, 3.8) is 0 Å². The number of amides is 1. The number of aryl methyl sites for hydroxylation is 1. The van der Waals surface area contributed by atoms with Crippen LogP contribution >= 0.6 is 0 Å². The van der Waals surface area contributed by atoms with Crippen molar-refractivity contribution >= 4 is 22.5 Å². The molecule has 0 unspecified atom stereocenters. The monoisotopic (exact) mass is 468 g/mol. The normalized spacial score (nSPS) is 18.5. The summed E-state index contributed by atoms with van der Waals surface area (Å²) < 4.78 is 7.52. The molecule has 1 saturated heterocycles. The Morgan fingerprint density at radius 2 is 1.89 bits per heavy atom. The van der Waals surface area contributed by atoms with Crippen LogP contribution in [0.5, 0.6) is 0 Å². The summed E-state index contributed by atoms with van der Waals surface area (Å²) in [4.78, 5) is 36.2. The third-order valence-electron chi connectivity index (χ3n) is 7.99. The molecule has 1 saturated carbocycles. The van der Waals surface area contributed by atoms with Crippen LogP contribution in [0.15, 0.2) is 41.3 Å². The summed E-state index contributed by atoms with van der Waals surface area (Å²) in [5.41, 5.74) is 7.45. The molecule has 2 fully saturated rings. The van der Waals surface area contributed by atoms with Crippen molar-refractivity contribution in [2.75, 3.05) is 13.2 Å². The maximum atomic E-state index is 13.7. The first-order valence-electron chi connectivity index (χ1n) is 12.6. The number of hydrogen-bond donors (Lipinski definition) is 1. The summed E-state index contributed by atoms with van der Waals surface area (Å²) in [6, 6.07) is 10.4. The average Bonchev–Trinajstić information content (AvgIpc) is 3.45. The van der Waals surface area contributed by atoms with E-state index >= 15 is 0 Å². The molecule has 2 aromatic heterocycles. The molecule has 1 N–H and O–H groups in total. The van der Waals surface area contributed by atoms with Crippen LogP contribution < -0.4 is 5.56 Å². The molecule has 7 rings (SSSR count). The van der Waals surface area contributed by atoms with Gasteiger partial charge in [-0.25, -0.2) is 4.98 Å². The third-order valence-corrected chi connectivity index (χ3v) is 7.99. The first-order chi connectivity index (χ1) is 17.1. The smallest absolute Gasteiger partial charge is 0.274 e. The highest BCUT2D eigenvalue weighted by molar-refractivity contribution is 5.99. The van der Waals surface area contributed by atoms with Gasteiger partial charge in [0.15, 0.2) is 0 Å². The van der Waals surface area contributed by atoms with Crippen molar-refractivity contribution in [1.29, 1.82) is 0 Å². The first-order valence-corrected chi connectivity index (χ1v) is 12.6. The fourth-order valence-corrected chi connectivity index (χ4v) is 5.96. The topological polar surface area (TPSA) is 79.7 Å². The van der Waals surface area contributed by atoms with E-state index < -0.39 is 0 Å². The summed E-state index contributed by atoms with van der Waals surface area (Å²) in [6.07, 6.45) is 5.94. The zero-order valence-electron chi connectivity index (χ0n) is 19.8. The maximum Gasteiger partial charge on any atom is 0.274 e. The number of benzene rings is 2. The molecule has 1 amide bonds. The van der Waals surface area contributed by atoms with E-state index in [1.54, 1.807) is 6.20 Å². The number of rotatable bonds is 3. The summed E-state index contributed by atoms with van der Waals surface area (Å²) in [7, 11) is 0. The van der Waals surface area contributed by atoms with Gasteiger partial charge in [-0.15, -0.1) is 0 Å². The van der Waals surface area contributed by atoms with E-state index in [1.165, 1.54) is 29.5 Å². The van der Waals surface area contributed by atoms with Crippen LogP contribution in [0.4, 0.5) is 0 Å².